The molecule has 0 bridgehead atoms. The van der Waals surface area contributed by atoms with Crippen molar-refractivity contribution in [3.05, 3.63) is 64.2 Å². The lowest BCUT2D eigenvalue weighted by Crippen LogP contribution is -2.48. The molecule has 9 heteroatoms. The zero-order chi connectivity index (χ0) is 26.2. The minimum absolute atomic E-state index is 0.100. The number of anilines is 1. The number of carbonyl (C=O) groups is 2. The summed E-state index contributed by atoms with van der Waals surface area (Å²) in [7, 11) is -3.58. The summed E-state index contributed by atoms with van der Waals surface area (Å²) in [6.45, 7) is 8.39. The summed E-state index contributed by atoms with van der Waals surface area (Å²) in [5.74, 6) is -0.412. The third-order valence-electron chi connectivity index (χ3n) is 5.98. The average Bonchev–Trinajstić information content (AvgIpc) is 2.80. The number of amides is 2. The highest BCUT2D eigenvalue weighted by atomic mass is 35.5. The molecule has 2 rings (SSSR count). The predicted octanol–water partition coefficient (Wildman–Crippen LogP) is 4.45. The minimum atomic E-state index is -3.58. The summed E-state index contributed by atoms with van der Waals surface area (Å²) >= 11 is 6.20. The molecule has 1 atom stereocenters. The van der Waals surface area contributed by atoms with Gasteiger partial charge in [-0.15, -0.1) is 0 Å². The maximum absolute atomic E-state index is 13.3. The Bertz CT molecular complexity index is 1140. The average molecular weight is 522 g/mol. The first-order chi connectivity index (χ1) is 16.5. The molecule has 2 aromatic carbocycles. The van der Waals surface area contributed by atoms with E-state index in [1.165, 1.54) is 4.31 Å². The molecule has 0 aliphatic rings. The number of halogens is 1. The molecular formula is C26H36ClN3O4S. The van der Waals surface area contributed by atoms with Crippen LogP contribution in [0.15, 0.2) is 42.5 Å². The van der Waals surface area contributed by atoms with Crippen molar-refractivity contribution in [2.75, 3.05) is 23.7 Å². The van der Waals surface area contributed by atoms with Crippen molar-refractivity contribution >= 4 is 39.1 Å². The van der Waals surface area contributed by atoms with Crippen molar-refractivity contribution in [3.8, 4) is 0 Å². The smallest absolute Gasteiger partial charge is 0.242 e. The van der Waals surface area contributed by atoms with Crippen molar-refractivity contribution < 1.29 is 18.0 Å². The molecule has 0 aliphatic carbocycles. The van der Waals surface area contributed by atoms with E-state index in [9.17, 15) is 18.0 Å². The molecule has 0 saturated carbocycles. The Balaban J connectivity index is 2.20. The number of nitrogens with one attached hydrogen (secondary N) is 1. The van der Waals surface area contributed by atoms with Crippen molar-refractivity contribution in [1.29, 1.82) is 0 Å². The highest BCUT2D eigenvalue weighted by Gasteiger charge is 2.27. The van der Waals surface area contributed by atoms with Gasteiger partial charge in [0.25, 0.3) is 0 Å². The molecule has 1 N–H and O–H groups in total. The molecule has 192 valence electrons. The fraction of sp³-hybridized carbons (Fsp3) is 0.462. The molecule has 2 amide bonds. The number of rotatable bonds is 12. The zero-order valence-electron chi connectivity index (χ0n) is 21.2. The van der Waals surface area contributed by atoms with Gasteiger partial charge >= 0.3 is 0 Å². The van der Waals surface area contributed by atoms with Crippen LogP contribution in [0.3, 0.4) is 0 Å². The number of carbonyl (C=O) groups excluding carboxylic acids is 2. The van der Waals surface area contributed by atoms with Crippen LogP contribution in [0.5, 0.6) is 0 Å². The monoisotopic (exact) mass is 521 g/mol. The Morgan fingerprint density at radius 1 is 1.09 bits per heavy atom. The van der Waals surface area contributed by atoms with Crippen LogP contribution in [0.4, 0.5) is 5.69 Å². The van der Waals surface area contributed by atoms with E-state index in [0.717, 1.165) is 23.8 Å². The standard InChI is InChI=1S/C26H36ClN3O4S/c1-6-16-28-26(32)21(4)29(18-22-12-8-7-11-19(22)2)25(31)15-10-17-30(35(5,33)34)24-14-9-13-23(27)20(24)3/h7-9,11-14,21H,6,10,15-18H2,1-5H3,(H,28,32)/t21-/m1/s1. The molecule has 0 unspecified atom stereocenters. The van der Waals surface area contributed by atoms with Gasteiger partial charge in [-0.1, -0.05) is 48.9 Å². The van der Waals surface area contributed by atoms with Gasteiger partial charge in [0.2, 0.25) is 21.8 Å². The zero-order valence-corrected chi connectivity index (χ0v) is 22.7. The number of aryl methyl sites for hydroxylation is 1. The van der Waals surface area contributed by atoms with Gasteiger partial charge in [0.1, 0.15) is 6.04 Å². The van der Waals surface area contributed by atoms with Crippen LogP contribution in [0, 0.1) is 13.8 Å². The quantitative estimate of drug-likeness (QED) is 0.447. The number of hydrogen-bond donors (Lipinski definition) is 1. The Morgan fingerprint density at radius 2 is 1.77 bits per heavy atom. The van der Waals surface area contributed by atoms with E-state index in [0.29, 0.717) is 35.8 Å². The normalized spacial score (nSPS) is 12.2. The van der Waals surface area contributed by atoms with E-state index < -0.39 is 16.1 Å². The van der Waals surface area contributed by atoms with E-state index in [-0.39, 0.29) is 24.8 Å². The molecule has 0 fully saturated rings. The van der Waals surface area contributed by atoms with Gasteiger partial charge in [-0.2, -0.15) is 0 Å². The van der Waals surface area contributed by atoms with E-state index >= 15 is 0 Å². The molecule has 0 saturated heterocycles. The van der Waals surface area contributed by atoms with Gasteiger partial charge in [-0.25, -0.2) is 8.42 Å². The van der Waals surface area contributed by atoms with Gasteiger partial charge in [-0.05, 0) is 62.4 Å². The summed E-state index contributed by atoms with van der Waals surface area (Å²) in [5.41, 5.74) is 3.15. The van der Waals surface area contributed by atoms with Crippen LogP contribution in [0.25, 0.3) is 0 Å². The summed E-state index contributed by atoms with van der Waals surface area (Å²) < 4.78 is 26.3. The maximum Gasteiger partial charge on any atom is 0.242 e. The summed E-state index contributed by atoms with van der Waals surface area (Å²) in [5, 5.41) is 3.34. The molecule has 0 aromatic heterocycles. The highest BCUT2D eigenvalue weighted by Crippen LogP contribution is 2.28. The lowest BCUT2D eigenvalue weighted by Gasteiger charge is -2.30. The Labute approximate surface area is 214 Å². The van der Waals surface area contributed by atoms with Gasteiger partial charge in [0, 0.05) is 31.1 Å². The minimum Gasteiger partial charge on any atom is -0.354 e. The first kappa shape index (κ1) is 28.7. The molecule has 0 spiro atoms. The number of hydrogen-bond acceptors (Lipinski definition) is 4. The largest absolute Gasteiger partial charge is 0.354 e. The molecular weight excluding hydrogens is 486 g/mol. The first-order valence-corrected chi connectivity index (χ1v) is 14.0. The third-order valence-corrected chi connectivity index (χ3v) is 7.57. The van der Waals surface area contributed by atoms with Crippen molar-refractivity contribution in [1.82, 2.24) is 10.2 Å². The van der Waals surface area contributed by atoms with Crippen LogP contribution < -0.4 is 9.62 Å². The topological polar surface area (TPSA) is 86.8 Å². The lowest BCUT2D eigenvalue weighted by molar-refractivity contribution is -0.140. The Kier molecular flexibility index (Phi) is 10.6. The predicted molar refractivity (Wildman–Crippen MR) is 142 cm³/mol. The van der Waals surface area contributed by atoms with Gasteiger partial charge in [0.15, 0.2) is 0 Å². The molecule has 35 heavy (non-hydrogen) atoms. The number of nitrogens with zero attached hydrogens (tertiary/aromatic N) is 2. The van der Waals surface area contributed by atoms with E-state index in [2.05, 4.69) is 5.32 Å². The van der Waals surface area contributed by atoms with Gasteiger partial charge < -0.3 is 10.2 Å². The third kappa shape index (κ3) is 7.97. The van der Waals surface area contributed by atoms with Crippen LogP contribution in [0.2, 0.25) is 5.02 Å². The summed E-state index contributed by atoms with van der Waals surface area (Å²) in [6.07, 6.45) is 2.34. The second-order valence-corrected chi connectivity index (χ2v) is 11.1. The van der Waals surface area contributed by atoms with Crippen LogP contribution in [0.1, 0.15) is 49.8 Å². The fourth-order valence-electron chi connectivity index (χ4n) is 3.80. The summed E-state index contributed by atoms with van der Waals surface area (Å²) in [6, 6.07) is 12.2. The molecule has 0 aliphatic heterocycles. The van der Waals surface area contributed by atoms with E-state index in [1.807, 2.05) is 38.1 Å². The van der Waals surface area contributed by atoms with Crippen molar-refractivity contribution in [2.45, 2.75) is 59.5 Å². The second kappa shape index (κ2) is 12.9. The lowest BCUT2D eigenvalue weighted by atomic mass is 10.1. The van der Waals surface area contributed by atoms with Gasteiger partial charge in [0.05, 0.1) is 11.9 Å². The van der Waals surface area contributed by atoms with Crippen LogP contribution in [-0.2, 0) is 26.2 Å². The van der Waals surface area contributed by atoms with E-state index in [1.54, 1.807) is 36.9 Å². The highest BCUT2D eigenvalue weighted by molar-refractivity contribution is 7.92. The molecule has 7 nitrogen and oxygen atoms in total. The van der Waals surface area contributed by atoms with Crippen molar-refractivity contribution in [3.63, 3.8) is 0 Å². The molecule has 2 aromatic rings. The summed E-state index contributed by atoms with van der Waals surface area (Å²) in [4.78, 5) is 27.6. The van der Waals surface area contributed by atoms with Crippen LogP contribution >= 0.6 is 11.6 Å². The SMILES string of the molecule is CCCNC(=O)[C@@H](C)N(Cc1ccccc1C)C(=O)CCCN(c1cccc(Cl)c1C)S(C)(=O)=O. The fourth-order valence-corrected chi connectivity index (χ4v) is 4.98. The maximum atomic E-state index is 13.3. The van der Waals surface area contributed by atoms with Crippen LogP contribution in [-0.4, -0.2) is 50.5 Å². The van der Waals surface area contributed by atoms with E-state index in [4.69, 9.17) is 11.6 Å². The molecule has 0 radical (unpaired) electrons. The molecule has 0 heterocycles. The second-order valence-electron chi connectivity index (χ2n) is 8.74. The van der Waals surface area contributed by atoms with Gasteiger partial charge in [-0.3, -0.25) is 13.9 Å². The van der Waals surface area contributed by atoms with Crippen molar-refractivity contribution in [2.24, 2.45) is 0 Å². The number of sulfonamides is 1. The number of benzene rings is 2. The Hall–Kier alpha value is -2.58. The first-order valence-electron chi connectivity index (χ1n) is 11.8. The Morgan fingerprint density at radius 3 is 2.40 bits per heavy atom.